The van der Waals surface area contributed by atoms with E-state index in [-0.39, 0.29) is 30.9 Å². The molecule has 0 heterocycles. The monoisotopic (exact) mass is 651 g/mol. The van der Waals surface area contributed by atoms with Crippen LogP contribution in [0.3, 0.4) is 0 Å². The Morgan fingerprint density at radius 1 is 0.870 bits per heavy atom. The van der Waals surface area contributed by atoms with E-state index in [1.54, 1.807) is 36.4 Å². The van der Waals surface area contributed by atoms with Crippen molar-refractivity contribution in [1.82, 2.24) is 15.4 Å². The molecule has 0 aliphatic rings. The zero-order chi connectivity index (χ0) is 33.5. The number of carbonyl (C=O) groups excluding carboxylic acids is 4. The summed E-state index contributed by atoms with van der Waals surface area (Å²) in [6, 6.07) is 21.1. The average Bonchev–Trinajstić information content (AvgIpc) is 3.04. The second kappa shape index (κ2) is 17.4. The molecule has 0 bridgehead atoms. The van der Waals surface area contributed by atoms with Crippen molar-refractivity contribution in [3.8, 4) is 0 Å². The minimum atomic E-state index is -4.03. The van der Waals surface area contributed by atoms with Crippen molar-refractivity contribution < 1.29 is 37.2 Å². The Balaban J connectivity index is 1.59. The van der Waals surface area contributed by atoms with Gasteiger partial charge in [-0.15, -0.1) is 0 Å². The first kappa shape index (κ1) is 35.4. The molecule has 3 aromatic rings. The highest BCUT2D eigenvalue weighted by atomic mass is 32.2. The van der Waals surface area contributed by atoms with Gasteiger partial charge in [0.05, 0.1) is 25.0 Å². The zero-order valence-corrected chi connectivity index (χ0v) is 26.3. The predicted octanol–water partition coefficient (Wildman–Crippen LogP) is 1.90. The number of esters is 1. The number of benzene rings is 3. The second-order valence-corrected chi connectivity index (χ2v) is 12.0. The molecular weight excluding hydrogens is 614 g/mol. The smallest absolute Gasteiger partial charge is 0.337 e. The number of amidine groups is 1. The number of oxime groups is 1. The van der Waals surface area contributed by atoms with Crippen LogP contribution in [0.4, 0.5) is 0 Å². The van der Waals surface area contributed by atoms with Crippen molar-refractivity contribution in [3.05, 3.63) is 107 Å². The number of nitrogens with two attached hydrogens (primary N) is 1. The van der Waals surface area contributed by atoms with Crippen molar-refractivity contribution in [1.29, 1.82) is 0 Å². The van der Waals surface area contributed by atoms with Crippen LogP contribution in [-0.4, -0.2) is 57.7 Å². The molecule has 1 atom stereocenters. The molecule has 3 rings (SSSR count). The summed E-state index contributed by atoms with van der Waals surface area (Å²) in [4.78, 5) is 52.9. The van der Waals surface area contributed by atoms with E-state index in [1.807, 2.05) is 30.3 Å². The van der Waals surface area contributed by atoms with Gasteiger partial charge in [0.25, 0.3) is 0 Å². The predicted molar refractivity (Wildman–Crippen MR) is 170 cm³/mol. The summed E-state index contributed by atoms with van der Waals surface area (Å²) in [6.07, 6.45) is 1.30. The summed E-state index contributed by atoms with van der Waals surface area (Å²) in [5.74, 6) is -2.80. The first-order valence-electron chi connectivity index (χ1n) is 14.3. The molecule has 0 aromatic heterocycles. The average molecular weight is 652 g/mol. The molecule has 46 heavy (non-hydrogen) atoms. The first-order chi connectivity index (χ1) is 22.0. The summed E-state index contributed by atoms with van der Waals surface area (Å²) in [5, 5.41) is 8.72. The maximum absolute atomic E-state index is 13.1. The van der Waals surface area contributed by atoms with Gasteiger partial charge < -0.3 is 25.9 Å². The fourth-order valence-corrected chi connectivity index (χ4v) is 5.66. The molecule has 0 spiro atoms. The van der Waals surface area contributed by atoms with Gasteiger partial charge in [-0.25, -0.2) is 22.7 Å². The van der Waals surface area contributed by atoms with E-state index in [9.17, 15) is 27.6 Å². The fraction of sp³-hybridized carbons (Fsp3) is 0.281. The van der Waals surface area contributed by atoms with Crippen LogP contribution in [0.25, 0.3) is 0 Å². The van der Waals surface area contributed by atoms with E-state index in [2.05, 4.69) is 25.3 Å². The number of amides is 2. The Morgan fingerprint density at radius 2 is 1.57 bits per heavy atom. The zero-order valence-electron chi connectivity index (χ0n) is 25.5. The number of aryl methyl sites for hydroxylation is 1. The summed E-state index contributed by atoms with van der Waals surface area (Å²) in [5.41, 5.74) is 8.59. The van der Waals surface area contributed by atoms with Crippen molar-refractivity contribution >= 4 is 39.6 Å². The minimum absolute atomic E-state index is 0.0113. The highest BCUT2D eigenvalue weighted by Gasteiger charge is 2.25. The minimum Gasteiger partial charge on any atom is -0.465 e. The molecule has 13 nitrogen and oxygen atoms in total. The van der Waals surface area contributed by atoms with Gasteiger partial charge in [0.15, 0.2) is 5.84 Å². The molecular formula is C32H37N5O8S. The number of nitrogens with zero attached hydrogens (tertiary/aromatic N) is 1. The SMILES string of the molecule is COC(=O)c1cccc(CS(=O)(=O)N[C@H](CCCc2ccccc2)C(=O)NCC(=O)NCc2ccc(/C(N)=N\OC(C)=O)cc2)c1. The molecule has 0 unspecified atom stereocenters. The highest BCUT2D eigenvalue weighted by molar-refractivity contribution is 7.88. The summed E-state index contributed by atoms with van der Waals surface area (Å²) in [6.45, 7) is 0.969. The van der Waals surface area contributed by atoms with E-state index in [4.69, 9.17) is 10.5 Å². The molecule has 244 valence electrons. The second-order valence-electron chi connectivity index (χ2n) is 10.3. The van der Waals surface area contributed by atoms with Crippen LogP contribution in [0.1, 0.15) is 52.4 Å². The van der Waals surface area contributed by atoms with Crippen LogP contribution in [0.5, 0.6) is 0 Å². The molecule has 0 saturated carbocycles. The maximum Gasteiger partial charge on any atom is 0.337 e. The Morgan fingerprint density at radius 3 is 2.24 bits per heavy atom. The van der Waals surface area contributed by atoms with Gasteiger partial charge in [0, 0.05) is 19.0 Å². The molecule has 0 saturated heterocycles. The number of methoxy groups -OCH3 is 1. The Kier molecular flexibility index (Phi) is 13.4. The van der Waals surface area contributed by atoms with Crippen LogP contribution < -0.4 is 21.1 Å². The van der Waals surface area contributed by atoms with Gasteiger partial charge in [-0.3, -0.25) is 9.59 Å². The number of rotatable bonds is 16. The van der Waals surface area contributed by atoms with Gasteiger partial charge in [-0.1, -0.05) is 71.9 Å². The number of sulfonamides is 1. The lowest BCUT2D eigenvalue weighted by Crippen LogP contribution is -2.49. The third-order valence-corrected chi connectivity index (χ3v) is 7.94. The fourth-order valence-electron chi connectivity index (χ4n) is 4.30. The lowest BCUT2D eigenvalue weighted by molar-refractivity contribution is -0.141. The van der Waals surface area contributed by atoms with Gasteiger partial charge in [-0.05, 0) is 48.1 Å². The maximum atomic E-state index is 13.1. The van der Waals surface area contributed by atoms with Crippen LogP contribution >= 0.6 is 0 Å². The van der Waals surface area contributed by atoms with Crippen molar-refractivity contribution in [2.75, 3.05) is 13.7 Å². The van der Waals surface area contributed by atoms with Gasteiger partial charge in [-0.2, -0.15) is 0 Å². The van der Waals surface area contributed by atoms with Crippen molar-refractivity contribution in [2.24, 2.45) is 10.9 Å². The summed E-state index contributed by atoms with van der Waals surface area (Å²) < 4.78 is 33.4. The highest BCUT2D eigenvalue weighted by Crippen LogP contribution is 2.13. The van der Waals surface area contributed by atoms with Crippen LogP contribution in [0, 0.1) is 0 Å². The largest absolute Gasteiger partial charge is 0.465 e. The van der Waals surface area contributed by atoms with Crippen LogP contribution in [0.2, 0.25) is 0 Å². The molecule has 0 fully saturated rings. The lowest BCUT2D eigenvalue weighted by atomic mass is 10.0. The molecule has 0 aliphatic heterocycles. The number of carbonyl (C=O) groups is 4. The van der Waals surface area contributed by atoms with E-state index < -0.39 is 45.6 Å². The molecule has 14 heteroatoms. The molecule has 0 aliphatic carbocycles. The van der Waals surface area contributed by atoms with E-state index in [0.29, 0.717) is 24.0 Å². The number of nitrogens with one attached hydrogen (secondary N) is 3. The van der Waals surface area contributed by atoms with Crippen LogP contribution in [0.15, 0.2) is 84.0 Å². The van der Waals surface area contributed by atoms with E-state index >= 15 is 0 Å². The third-order valence-electron chi connectivity index (χ3n) is 6.58. The molecule has 3 aromatic carbocycles. The van der Waals surface area contributed by atoms with E-state index in [1.165, 1.54) is 26.2 Å². The Hall–Kier alpha value is -5.08. The first-order valence-corrected chi connectivity index (χ1v) is 16.0. The van der Waals surface area contributed by atoms with E-state index in [0.717, 1.165) is 11.1 Å². The summed E-state index contributed by atoms with van der Waals surface area (Å²) in [7, 11) is -2.80. The number of hydrogen-bond acceptors (Lipinski definition) is 9. The molecule has 2 amide bonds. The number of ether oxygens (including phenoxy) is 1. The van der Waals surface area contributed by atoms with Gasteiger partial charge in [0.2, 0.25) is 21.8 Å². The lowest BCUT2D eigenvalue weighted by Gasteiger charge is -2.19. The Labute approximate surface area is 267 Å². The topological polar surface area (TPSA) is 195 Å². The standard InChI is InChI=1S/C32H37N5O8S/c1-22(38)45-36-30(33)26-16-14-24(15-17-26)19-34-29(39)20-35-31(40)28(13-7-10-23-8-4-3-5-9-23)37-46(42,43)21-25-11-6-12-27(18-25)32(41)44-2/h3-6,8-9,11-12,14-18,28,37H,7,10,13,19-21H2,1-2H3,(H2,33,36)(H,34,39)(H,35,40)/t28-/m1/s1. The number of hydrogen-bond donors (Lipinski definition) is 4. The molecule has 5 N–H and O–H groups in total. The normalized spacial score (nSPS) is 12.1. The molecule has 0 radical (unpaired) electrons. The van der Waals surface area contributed by atoms with Gasteiger partial charge in [0.1, 0.15) is 6.04 Å². The summed E-state index contributed by atoms with van der Waals surface area (Å²) >= 11 is 0. The van der Waals surface area contributed by atoms with Crippen LogP contribution in [-0.2, 0) is 52.7 Å². The van der Waals surface area contributed by atoms with Crippen molar-refractivity contribution in [2.45, 2.75) is 44.5 Å². The Bertz CT molecular complexity index is 1640. The third kappa shape index (κ3) is 12.1. The van der Waals surface area contributed by atoms with Gasteiger partial charge >= 0.3 is 11.9 Å². The van der Waals surface area contributed by atoms with Crippen molar-refractivity contribution in [3.63, 3.8) is 0 Å². The quantitative estimate of drug-likeness (QED) is 0.0588.